The molecule has 0 heterocycles. The third-order valence-electron chi connectivity index (χ3n) is 5.36. The van der Waals surface area contributed by atoms with E-state index in [1.165, 1.54) is 61.8 Å². The first-order valence-corrected chi connectivity index (χ1v) is 10.1. The van der Waals surface area contributed by atoms with E-state index in [9.17, 15) is 0 Å². The van der Waals surface area contributed by atoms with Crippen LogP contribution in [0.25, 0.3) is 0 Å². The topological polar surface area (TPSA) is 38.0 Å². The maximum Gasteiger partial charge on any atom is 0.0345 e. The Morgan fingerprint density at radius 2 is 1.75 bits per heavy atom. The second-order valence-electron chi connectivity index (χ2n) is 8.69. The summed E-state index contributed by atoms with van der Waals surface area (Å²) in [6.07, 6.45) is 11.2. The van der Waals surface area contributed by atoms with Gasteiger partial charge in [-0.1, -0.05) is 53.0 Å². The second-order valence-corrected chi connectivity index (χ2v) is 8.69. The fourth-order valence-electron chi connectivity index (χ4n) is 3.86. The van der Waals surface area contributed by atoms with Crippen LogP contribution in [0.4, 0.5) is 5.69 Å². The zero-order chi connectivity index (χ0) is 17.6. The van der Waals surface area contributed by atoms with Gasteiger partial charge in [-0.25, -0.2) is 0 Å². The number of anilines is 1. The minimum absolute atomic E-state index is 0.218. The molecule has 1 aliphatic rings. The van der Waals surface area contributed by atoms with Gasteiger partial charge in [-0.05, 0) is 67.2 Å². The van der Waals surface area contributed by atoms with Gasteiger partial charge in [0.2, 0.25) is 0 Å². The maximum atomic E-state index is 6.03. The Morgan fingerprint density at radius 1 is 1.04 bits per heavy atom. The highest BCUT2D eigenvalue weighted by Crippen LogP contribution is 2.30. The number of hydrogen-bond acceptors (Lipinski definition) is 2. The molecule has 136 valence electrons. The summed E-state index contributed by atoms with van der Waals surface area (Å²) < 4.78 is 0. The highest BCUT2D eigenvalue weighted by molar-refractivity contribution is 5.51. The molecule has 1 aliphatic carbocycles. The SMILES string of the molecule is CCCCCCc1cc(NC2CCC(N)CC2)ccc1C(C)(C)C. The molecule has 0 atom stereocenters. The third-order valence-corrected chi connectivity index (χ3v) is 5.36. The zero-order valence-electron chi connectivity index (χ0n) is 16.3. The molecule has 0 aromatic heterocycles. The van der Waals surface area contributed by atoms with Crippen LogP contribution in [-0.2, 0) is 11.8 Å². The van der Waals surface area contributed by atoms with Gasteiger partial charge in [-0.15, -0.1) is 0 Å². The van der Waals surface area contributed by atoms with Gasteiger partial charge in [0.15, 0.2) is 0 Å². The molecule has 1 saturated carbocycles. The Balaban J connectivity index is 2.06. The number of hydrogen-bond donors (Lipinski definition) is 2. The quantitative estimate of drug-likeness (QED) is 0.621. The van der Waals surface area contributed by atoms with E-state index in [1.807, 2.05) is 0 Å². The van der Waals surface area contributed by atoms with E-state index in [0.29, 0.717) is 12.1 Å². The summed E-state index contributed by atoms with van der Waals surface area (Å²) in [5.41, 5.74) is 10.6. The molecular formula is C22H38N2. The number of aryl methyl sites for hydroxylation is 1. The van der Waals surface area contributed by atoms with E-state index < -0.39 is 0 Å². The Labute approximate surface area is 149 Å². The van der Waals surface area contributed by atoms with Gasteiger partial charge in [-0.2, -0.15) is 0 Å². The van der Waals surface area contributed by atoms with E-state index in [4.69, 9.17) is 5.73 Å². The smallest absolute Gasteiger partial charge is 0.0345 e. The predicted octanol–water partition coefficient (Wildman–Crippen LogP) is 5.79. The molecule has 0 spiro atoms. The van der Waals surface area contributed by atoms with Crippen LogP contribution >= 0.6 is 0 Å². The van der Waals surface area contributed by atoms with Crippen LogP contribution in [0.5, 0.6) is 0 Å². The molecule has 1 fully saturated rings. The Bertz CT molecular complexity index is 493. The van der Waals surface area contributed by atoms with Crippen LogP contribution in [0.1, 0.15) is 90.2 Å². The molecule has 0 radical (unpaired) electrons. The van der Waals surface area contributed by atoms with Gasteiger partial charge in [0.05, 0.1) is 0 Å². The van der Waals surface area contributed by atoms with Gasteiger partial charge < -0.3 is 11.1 Å². The lowest BCUT2D eigenvalue weighted by Gasteiger charge is -2.29. The van der Waals surface area contributed by atoms with Crippen molar-refractivity contribution in [2.45, 2.75) is 103 Å². The van der Waals surface area contributed by atoms with Gasteiger partial charge in [0.1, 0.15) is 0 Å². The number of nitrogens with one attached hydrogen (secondary N) is 1. The fourth-order valence-corrected chi connectivity index (χ4v) is 3.86. The summed E-state index contributed by atoms with van der Waals surface area (Å²) in [5.74, 6) is 0. The molecule has 2 nitrogen and oxygen atoms in total. The normalized spacial score (nSPS) is 21.7. The third kappa shape index (κ3) is 5.81. The lowest BCUT2D eigenvalue weighted by molar-refractivity contribution is 0.411. The molecule has 0 unspecified atom stereocenters. The minimum Gasteiger partial charge on any atom is -0.382 e. The van der Waals surface area contributed by atoms with Crippen molar-refractivity contribution < 1.29 is 0 Å². The maximum absolute atomic E-state index is 6.03. The molecule has 24 heavy (non-hydrogen) atoms. The van der Waals surface area contributed by atoms with E-state index in [0.717, 1.165) is 12.8 Å². The van der Waals surface area contributed by atoms with Crippen molar-refractivity contribution in [2.75, 3.05) is 5.32 Å². The summed E-state index contributed by atoms with van der Waals surface area (Å²) in [6.45, 7) is 9.26. The zero-order valence-corrected chi connectivity index (χ0v) is 16.3. The first kappa shape index (κ1) is 19.3. The van der Waals surface area contributed by atoms with Crippen molar-refractivity contribution in [2.24, 2.45) is 5.73 Å². The molecule has 0 bridgehead atoms. The van der Waals surface area contributed by atoms with Crippen LogP contribution in [0, 0.1) is 0 Å². The summed E-state index contributed by atoms with van der Waals surface area (Å²) in [4.78, 5) is 0. The Morgan fingerprint density at radius 3 is 2.38 bits per heavy atom. The highest BCUT2D eigenvalue weighted by atomic mass is 14.9. The van der Waals surface area contributed by atoms with Crippen LogP contribution in [0.2, 0.25) is 0 Å². The van der Waals surface area contributed by atoms with Crippen LogP contribution in [0.15, 0.2) is 18.2 Å². The molecule has 0 amide bonds. The Kier molecular flexibility index (Phi) is 7.16. The summed E-state index contributed by atoms with van der Waals surface area (Å²) in [5, 5.41) is 3.77. The molecule has 0 aliphatic heterocycles. The van der Waals surface area contributed by atoms with Gasteiger partial charge >= 0.3 is 0 Å². The lowest BCUT2D eigenvalue weighted by Crippen LogP contribution is -2.32. The van der Waals surface area contributed by atoms with Crippen LogP contribution in [-0.4, -0.2) is 12.1 Å². The number of benzene rings is 1. The first-order valence-electron chi connectivity index (χ1n) is 10.1. The average molecular weight is 331 g/mol. The van der Waals surface area contributed by atoms with Crippen LogP contribution in [0.3, 0.4) is 0 Å². The van der Waals surface area contributed by atoms with E-state index in [2.05, 4.69) is 51.2 Å². The summed E-state index contributed by atoms with van der Waals surface area (Å²) >= 11 is 0. The number of nitrogens with two attached hydrogens (primary N) is 1. The first-order chi connectivity index (χ1) is 11.4. The molecule has 1 aromatic carbocycles. The van der Waals surface area contributed by atoms with E-state index in [1.54, 1.807) is 0 Å². The molecule has 2 rings (SSSR count). The molecule has 1 aromatic rings. The van der Waals surface area contributed by atoms with E-state index in [-0.39, 0.29) is 5.41 Å². The lowest BCUT2D eigenvalue weighted by atomic mass is 9.82. The Hall–Kier alpha value is -1.02. The molecule has 3 N–H and O–H groups in total. The molecule has 0 saturated heterocycles. The van der Waals surface area contributed by atoms with Gasteiger partial charge in [0, 0.05) is 17.8 Å². The van der Waals surface area contributed by atoms with Gasteiger partial charge in [-0.3, -0.25) is 0 Å². The average Bonchev–Trinajstić information content (AvgIpc) is 2.53. The predicted molar refractivity (Wildman–Crippen MR) is 107 cm³/mol. The van der Waals surface area contributed by atoms with Crippen molar-refractivity contribution in [3.05, 3.63) is 29.3 Å². The van der Waals surface area contributed by atoms with Crippen molar-refractivity contribution >= 4 is 5.69 Å². The van der Waals surface area contributed by atoms with Crippen LogP contribution < -0.4 is 11.1 Å². The number of unbranched alkanes of at least 4 members (excludes halogenated alkanes) is 3. The largest absolute Gasteiger partial charge is 0.382 e. The highest BCUT2D eigenvalue weighted by Gasteiger charge is 2.20. The number of rotatable bonds is 7. The summed E-state index contributed by atoms with van der Waals surface area (Å²) in [7, 11) is 0. The van der Waals surface area contributed by atoms with Crippen molar-refractivity contribution in [1.82, 2.24) is 0 Å². The monoisotopic (exact) mass is 330 g/mol. The molecule has 2 heteroatoms. The molecular weight excluding hydrogens is 292 g/mol. The van der Waals surface area contributed by atoms with Gasteiger partial charge in [0.25, 0.3) is 0 Å². The minimum atomic E-state index is 0.218. The second kappa shape index (κ2) is 8.89. The fraction of sp³-hybridized carbons (Fsp3) is 0.727. The van der Waals surface area contributed by atoms with Crippen molar-refractivity contribution in [1.29, 1.82) is 0 Å². The van der Waals surface area contributed by atoms with Crippen molar-refractivity contribution in [3.8, 4) is 0 Å². The van der Waals surface area contributed by atoms with Crippen molar-refractivity contribution in [3.63, 3.8) is 0 Å². The standard InChI is InChI=1S/C22H38N2/c1-5-6-7-8-9-17-16-20(14-15-21(17)22(2,3)4)24-19-12-10-18(23)11-13-19/h14-16,18-19,24H,5-13,23H2,1-4H3. The summed E-state index contributed by atoms with van der Waals surface area (Å²) in [6, 6.07) is 8.07. The van der Waals surface area contributed by atoms with E-state index >= 15 is 0 Å².